The molecule has 3 nitrogen and oxygen atoms in total. The van der Waals surface area contributed by atoms with E-state index < -0.39 is 0 Å². The number of hydrogen-bond acceptors (Lipinski definition) is 2. The highest BCUT2D eigenvalue weighted by Crippen LogP contribution is 2.15. The maximum atomic E-state index is 5.19. The monoisotopic (exact) mass is 279 g/mol. The number of hydrogen-bond donors (Lipinski definition) is 3. The van der Waals surface area contributed by atoms with Gasteiger partial charge in [-0.05, 0) is 64.5 Å². The minimum atomic E-state index is 0.0858. The molecule has 0 atom stereocenters. The largest absolute Gasteiger partial charge is 0.380 e. The predicted molar refractivity (Wildman–Crippen MR) is 87.5 cm³/mol. The van der Waals surface area contributed by atoms with Gasteiger partial charge in [0.2, 0.25) is 0 Å². The summed E-state index contributed by atoms with van der Waals surface area (Å²) >= 11 is 5.19. The van der Waals surface area contributed by atoms with E-state index in [1.54, 1.807) is 0 Å². The van der Waals surface area contributed by atoms with Gasteiger partial charge in [-0.2, -0.15) is 0 Å². The minimum absolute atomic E-state index is 0.0858. The van der Waals surface area contributed by atoms with Crippen LogP contribution in [0, 0.1) is 0 Å². The molecule has 19 heavy (non-hydrogen) atoms. The van der Waals surface area contributed by atoms with Crippen molar-refractivity contribution in [3.8, 4) is 0 Å². The van der Waals surface area contributed by atoms with Gasteiger partial charge < -0.3 is 16.0 Å². The number of anilines is 1. The Morgan fingerprint density at radius 3 is 2.21 bits per heavy atom. The maximum Gasteiger partial charge on any atom is 0.166 e. The standard InChI is InChI=1S/C15H25N3S/c1-11(2)17-14(19)16-10-12-6-8-13(9-7-12)18-15(3,4)5/h6-9,11,18H,10H2,1-5H3,(H2,16,17,19). The molecule has 106 valence electrons. The molecule has 0 aliphatic heterocycles. The summed E-state index contributed by atoms with van der Waals surface area (Å²) < 4.78 is 0. The maximum absolute atomic E-state index is 5.19. The highest BCUT2D eigenvalue weighted by atomic mass is 32.1. The summed E-state index contributed by atoms with van der Waals surface area (Å²) in [7, 11) is 0. The van der Waals surface area contributed by atoms with Crippen LogP contribution in [0.1, 0.15) is 40.2 Å². The van der Waals surface area contributed by atoms with Crippen molar-refractivity contribution in [2.75, 3.05) is 5.32 Å². The molecule has 1 aromatic carbocycles. The third-order valence-electron chi connectivity index (χ3n) is 2.35. The first-order valence-electron chi connectivity index (χ1n) is 6.68. The fraction of sp³-hybridized carbons (Fsp3) is 0.533. The van der Waals surface area contributed by atoms with Gasteiger partial charge >= 0.3 is 0 Å². The molecule has 0 aromatic heterocycles. The van der Waals surface area contributed by atoms with Crippen LogP contribution in [0.2, 0.25) is 0 Å². The molecule has 0 amide bonds. The SMILES string of the molecule is CC(C)NC(=S)NCc1ccc(NC(C)(C)C)cc1. The van der Waals surface area contributed by atoms with Gasteiger partial charge in [0.1, 0.15) is 0 Å². The summed E-state index contributed by atoms with van der Waals surface area (Å²) in [5, 5.41) is 10.5. The summed E-state index contributed by atoms with van der Waals surface area (Å²) in [5.41, 5.74) is 2.44. The lowest BCUT2D eigenvalue weighted by Gasteiger charge is -2.22. The summed E-state index contributed by atoms with van der Waals surface area (Å²) in [6, 6.07) is 8.78. The first-order valence-corrected chi connectivity index (χ1v) is 7.08. The first-order chi connectivity index (χ1) is 8.76. The summed E-state index contributed by atoms with van der Waals surface area (Å²) in [6.45, 7) is 11.3. The van der Waals surface area contributed by atoms with Crippen molar-refractivity contribution >= 4 is 23.0 Å². The van der Waals surface area contributed by atoms with E-state index in [0.717, 1.165) is 12.2 Å². The average molecular weight is 279 g/mol. The molecular weight excluding hydrogens is 254 g/mol. The third-order valence-corrected chi connectivity index (χ3v) is 2.61. The smallest absolute Gasteiger partial charge is 0.166 e. The zero-order valence-corrected chi connectivity index (χ0v) is 13.3. The fourth-order valence-electron chi connectivity index (χ4n) is 1.63. The molecule has 3 N–H and O–H groups in total. The van der Waals surface area contributed by atoms with Crippen LogP contribution in [0.15, 0.2) is 24.3 Å². The molecule has 1 rings (SSSR count). The van der Waals surface area contributed by atoms with Crippen LogP contribution in [-0.4, -0.2) is 16.7 Å². The Morgan fingerprint density at radius 2 is 1.74 bits per heavy atom. The van der Waals surface area contributed by atoms with Gasteiger partial charge in [-0.25, -0.2) is 0 Å². The van der Waals surface area contributed by atoms with Gasteiger partial charge in [0.15, 0.2) is 5.11 Å². The van der Waals surface area contributed by atoms with Gasteiger partial charge in [0.05, 0.1) is 0 Å². The van der Waals surface area contributed by atoms with Crippen LogP contribution in [-0.2, 0) is 6.54 Å². The van der Waals surface area contributed by atoms with Gasteiger partial charge in [-0.1, -0.05) is 12.1 Å². The molecule has 0 fully saturated rings. The van der Waals surface area contributed by atoms with Crippen LogP contribution < -0.4 is 16.0 Å². The molecule has 0 radical (unpaired) electrons. The van der Waals surface area contributed by atoms with Gasteiger partial charge in [0.25, 0.3) is 0 Å². The lowest BCUT2D eigenvalue weighted by Crippen LogP contribution is -2.38. The van der Waals surface area contributed by atoms with E-state index in [2.05, 4.69) is 74.8 Å². The molecule has 1 aromatic rings. The molecule has 0 saturated heterocycles. The second-order valence-electron chi connectivity index (χ2n) is 6.05. The molecular formula is C15H25N3S. The number of nitrogens with one attached hydrogen (secondary N) is 3. The molecule has 0 aliphatic carbocycles. The van der Waals surface area contributed by atoms with Crippen LogP contribution in [0.4, 0.5) is 5.69 Å². The van der Waals surface area contributed by atoms with E-state index in [0.29, 0.717) is 11.2 Å². The van der Waals surface area contributed by atoms with E-state index in [9.17, 15) is 0 Å². The lowest BCUT2D eigenvalue weighted by atomic mass is 10.1. The van der Waals surface area contributed by atoms with Crippen molar-refractivity contribution in [3.05, 3.63) is 29.8 Å². The van der Waals surface area contributed by atoms with Gasteiger partial charge in [0, 0.05) is 23.8 Å². The molecule has 0 spiro atoms. The summed E-state index contributed by atoms with van der Waals surface area (Å²) in [6.07, 6.45) is 0. The predicted octanol–water partition coefficient (Wildman–Crippen LogP) is 3.27. The van der Waals surface area contributed by atoms with Crippen LogP contribution >= 0.6 is 12.2 Å². The summed E-state index contributed by atoms with van der Waals surface area (Å²) in [4.78, 5) is 0. The Kier molecular flexibility index (Phi) is 5.60. The van der Waals surface area contributed by atoms with E-state index in [4.69, 9.17) is 12.2 Å². The quantitative estimate of drug-likeness (QED) is 0.739. The molecule has 0 aliphatic rings. The van der Waals surface area contributed by atoms with E-state index in [-0.39, 0.29) is 5.54 Å². The van der Waals surface area contributed by atoms with Gasteiger partial charge in [-0.3, -0.25) is 0 Å². The molecule has 4 heteroatoms. The molecule has 0 heterocycles. The second kappa shape index (κ2) is 6.75. The first kappa shape index (κ1) is 15.8. The number of benzene rings is 1. The zero-order valence-electron chi connectivity index (χ0n) is 12.5. The number of thiocarbonyl (C=S) groups is 1. The molecule has 0 saturated carbocycles. The van der Waals surface area contributed by atoms with Crippen LogP contribution in [0.3, 0.4) is 0 Å². The summed E-state index contributed by atoms with van der Waals surface area (Å²) in [5.74, 6) is 0. The Balaban J connectivity index is 2.46. The van der Waals surface area contributed by atoms with Crippen LogP contribution in [0.5, 0.6) is 0 Å². The van der Waals surface area contributed by atoms with Crippen molar-refractivity contribution in [2.45, 2.75) is 52.7 Å². The number of rotatable bonds is 4. The van der Waals surface area contributed by atoms with Crippen molar-refractivity contribution in [1.29, 1.82) is 0 Å². The Hall–Kier alpha value is -1.29. The Labute approximate surface area is 122 Å². The van der Waals surface area contributed by atoms with Crippen molar-refractivity contribution in [3.63, 3.8) is 0 Å². The van der Waals surface area contributed by atoms with E-state index >= 15 is 0 Å². The van der Waals surface area contributed by atoms with E-state index in [1.807, 2.05) is 0 Å². The average Bonchev–Trinajstić information content (AvgIpc) is 2.25. The lowest BCUT2D eigenvalue weighted by molar-refractivity contribution is 0.634. The normalized spacial score (nSPS) is 11.3. The van der Waals surface area contributed by atoms with E-state index in [1.165, 1.54) is 5.56 Å². The Morgan fingerprint density at radius 1 is 1.16 bits per heavy atom. The third kappa shape index (κ3) is 7.01. The van der Waals surface area contributed by atoms with Gasteiger partial charge in [-0.15, -0.1) is 0 Å². The van der Waals surface area contributed by atoms with Crippen molar-refractivity contribution in [2.24, 2.45) is 0 Å². The topological polar surface area (TPSA) is 36.1 Å². The van der Waals surface area contributed by atoms with Crippen molar-refractivity contribution in [1.82, 2.24) is 10.6 Å². The highest BCUT2D eigenvalue weighted by molar-refractivity contribution is 7.80. The molecule has 0 bridgehead atoms. The van der Waals surface area contributed by atoms with Crippen LogP contribution in [0.25, 0.3) is 0 Å². The molecule has 0 unspecified atom stereocenters. The second-order valence-corrected chi connectivity index (χ2v) is 6.46. The minimum Gasteiger partial charge on any atom is -0.380 e. The highest BCUT2D eigenvalue weighted by Gasteiger charge is 2.08. The fourth-order valence-corrected chi connectivity index (χ4v) is 1.94. The van der Waals surface area contributed by atoms with Crippen molar-refractivity contribution < 1.29 is 0 Å². The zero-order chi connectivity index (χ0) is 14.5. The Bertz CT molecular complexity index is 404.